The predicted molar refractivity (Wildman–Crippen MR) is 91.1 cm³/mol. The lowest BCUT2D eigenvalue weighted by Gasteiger charge is -2.21. The largest absolute Gasteiger partial charge is 0.396 e. The highest BCUT2D eigenvalue weighted by Gasteiger charge is 2.16. The van der Waals surface area contributed by atoms with Gasteiger partial charge in [-0.1, -0.05) is 30.3 Å². The maximum absolute atomic E-state index is 12.3. The van der Waals surface area contributed by atoms with Gasteiger partial charge in [-0.3, -0.25) is 9.69 Å². The maximum atomic E-state index is 12.3. The molecule has 0 aliphatic rings. The molecule has 0 spiro atoms. The first-order chi connectivity index (χ1) is 11.5. The van der Waals surface area contributed by atoms with E-state index in [1.165, 1.54) is 0 Å². The van der Waals surface area contributed by atoms with E-state index >= 15 is 0 Å². The Morgan fingerprint density at radius 1 is 1.33 bits per heavy atom. The van der Waals surface area contributed by atoms with E-state index in [0.717, 1.165) is 17.2 Å². The van der Waals surface area contributed by atoms with Gasteiger partial charge in [-0.25, -0.2) is 0 Å². The molecule has 1 amide bonds. The number of aliphatic hydroxyl groups is 1. The number of carbonyl (C=O) groups excluding carboxylic acids is 1. The van der Waals surface area contributed by atoms with Crippen LogP contribution in [0.4, 0.5) is 0 Å². The summed E-state index contributed by atoms with van der Waals surface area (Å²) in [5, 5.41) is 20.4. The van der Waals surface area contributed by atoms with E-state index in [-0.39, 0.29) is 25.1 Å². The Morgan fingerprint density at radius 3 is 2.62 bits per heavy atom. The third-order valence-corrected chi connectivity index (χ3v) is 3.96. The SMILES string of the molecule is Cc1nnc(CN(C)CC(=O)NC(CCO)c2ccccc2)n1C. The van der Waals surface area contributed by atoms with Crippen LogP contribution in [0.5, 0.6) is 0 Å². The van der Waals surface area contributed by atoms with Crippen LogP contribution in [0.3, 0.4) is 0 Å². The average molecular weight is 331 g/mol. The molecule has 1 aromatic heterocycles. The molecule has 0 saturated heterocycles. The number of nitrogens with one attached hydrogen (secondary N) is 1. The van der Waals surface area contributed by atoms with E-state index < -0.39 is 0 Å². The van der Waals surface area contributed by atoms with Crippen LogP contribution in [0.25, 0.3) is 0 Å². The third-order valence-electron chi connectivity index (χ3n) is 3.96. The number of hydrogen-bond donors (Lipinski definition) is 2. The molecule has 0 aliphatic carbocycles. The van der Waals surface area contributed by atoms with Crippen LogP contribution in [0.2, 0.25) is 0 Å². The number of hydrogen-bond acceptors (Lipinski definition) is 5. The molecule has 1 unspecified atom stereocenters. The molecule has 24 heavy (non-hydrogen) atoms. The fraction of sp³-hybridized carbons (Fsp3) is 0.471. The number of carbonyl (C=O) groups is 1. The zero-order valence-electron chi connectivity index (χ0n) is 14.4. The van der Waals surface area contributed by atoms with Gasteiger partial charge in [0.2, 0.25) is 5.91 Å². The zero-order chi connectivity index (χ0) is 17.5. The molecular weight excluding hydrogens is 306 g/mol. The molecule has 1 aromatic carbocycles. The highest BCUT2D eigenvalue weighted by molar-refractivity contribution is 5.78. The lowest BCUT2D eigenvalue weighted by atomic mass is 10.0. The van der Waals surface area contributed by atoms with Crippen LogP contribution in [-0.4, -0.2) is 50.9 Å². The van der Waals surface area contributed by atoms with E-state index in [0.29, 0.717) is 13.0 Å². The summed E-state index contributed by atoms with van der Waals surface area (Å²) in [6.07, 6.45) is 0.488. The van der Waals surface area contributed by atoms with E-state index in [9.17, 15) is 9.90 Å². The Balaban J connectivity index is 1.91. The number of aliphatic hydroxyl groups excluding tert-OH is 1. The van der Waals surface area contributed by atoms with Crippen LogP contribution in [0.15, 0.2) is 30.3 Å². The maximum Gasteiger partial charge on any atom is 0.234 e. The molecule has 7 nitrogen and oxygen atoms in total. The molecule has 1 heterocycles. The lowest BCUT2D eigenvalue weighted by molar-refractivity contribution is -0.122. The van der Waals surface area contributed by atoms with E-state index in [1.54, 1.807) is 0 Å². The normalized spacial score (nSPS) is 12.4. The standard InChI is InChI=1S/C17H25N5O2/c1-13-19-20-16(22(13)3)11-21(2)12-17(24)18-15(9-10-23)14-7-5-4-6-8-14/h4-8,15,23H,9-12H2,1-3H3,(H,18,24). The van der Waals surface area contributed by atoms with Crippen molar-refractivity contribution < 1.29 is 9.90 Å². The van der Waals surface area contributed by atoms with E-state index in [2.05, 4.69) is 15.5 Å². The summed E-state index contributed by atoms with van der Waals surface area (Å²) < 4.78 is 1.91. The van der Waals surface area contributed by atoms with Crippen LogP contribution in [0.1, 0.15) is 29.7 Å². The van der Waals surface area contributed by atoms with Gasteiger partial charge in [-0.05, 0) is 26.0 Å². The van der Waals surface area contributed by atoms with Crippen LogP contribution in [0, 0.1) is 6.92 Å². The Morgan fingerprint density at radius 2 is 2.04 bits per heavy atom. The van der Waals surface area contributed by atoms with Gasteiger partial charge < -0.3 is 15.0 Å². The molecule has 1 atom stereocenters. The van der Waals surface area contributed by atoms with Crippen molar-refractivity contribution in [2.75, 3.05) is 20.2 Å². The fourth-order valence-corrected chi connectivity index (χ4v) is 2.51. The van der Waals surface area contributed by atoms with Gasteiger partial charge in [0.1, 0.15) is 11.6 Å². The van der Waals surface area contributed by atoms with Gasteiger partial charge in [0.25, 0.3) is 0 Å². The summed E-state index contributed by atoms with van der Waals surface area (Å²) in [5.74, 6) is 1.58. The van der Waals surface area contributed by atoms with Crippen LogP contribution in [-0.2, 0) is 18.4 Å². The van der Waals surface area contributed by atoms with Gasteiger partial charge in [0, 0.05) is 13.7 Å². The smallest absolute Gasteiger partial charge is 0.234 e. The van der Waals surface area contributed by atoms with E-state index in [4.69, 9.17) is 0 Å². The van der Waals surface area contributed by atoms with Crippen molar-refractivity contribution in [3.8, 4) is 0 Å². The van der Waals surface area contributed by atoms with Crippen molar-refractivity contribution in [3.63, 3.8) is 0 Å². The summed E-state index contributed by atoms with van der Waals surface area (Å²) >= 11 is 0. The number of aryl methyl sites for hydroxylation is 1. The first-order valence-electron chi connectivity index (χ1n) is 8.00. The molecule has 0 saturated carbocycles. The van der Waals surface area contributed by atoms with Gasteiger partial charge in [0.15, 0.2) is 0 Å². The van der Waals surface area contributed by atoms with Crippen molar-refractivity contribution in [1.82, 2.24) is 25.0 Å². The monoisotopic (exact) mass is 331 g/mol. The molecular formula is C17H25N5O2. The number of rotatable bonds is 8. The van der Waals surface area contributed by atoms with E-state index in [1.807, 2.05) is 60.8 Å². The molecule has 0 aliphatic heterocycles. The van der Waals surface area contributed by atoms with Gasteiger partial charge in [-0.2, -0.15) is 0 Å². The first-order valence-corrected chi connectivity index (χ1v) is 8.00. The molecule has 0 radical (unpaired) electrons. The lowest BCUT2D eigenvalue weighted by Crippen LogP contribution is -2.37. The van der Waals surface area contributed by atoms with Crippen molar-refractivity contribution in [1.29, 1.82) is 0 Å². The van der Waals surface area contributed by atoms with Crippen LogP contribution < -0.4 is 5.32 Å². The van der Waals surface area contributed by atoms with Crippen molar-refractivity contribution in [2.45, 2.75) is 25.9 Å². The predicted octanol–water partition coefficient (Wildman–Crippen LogP) is 0.795. The number of nitrogens with zero attached hydrogens (tertiary/aromatic N) is 4. The Hall–Kier alpha value is -2.25. The minimum absolute atomic E-state index is 0.0217. The Kier molecular flexibility index (Phi) is 6.45. The molecule has 130 valence electrons. The minimum atomic E-state index is -0.186. The van der Waals surface area contributed by atoms with Gasteiger partial charge in [0.05, 0.1) is 19.1 Å². The summed E-state index contributed by atoms with van der Waals surface area (Å²) in [5.41, 5.74) is 0.992. The average Bonchev–Trinajstić information content (AvgIpc) is 2.87. The van der Waals surface area contributed by atoms with Gasteiger partial charge >= 0.3 is 0 Å². The molecule has 2 rings (SSSR count). The van der Waals surface area contributed by atoms with Crippen molar-refractivity contribution in [2.24, 2.45) is 7.05 Å². The first kappa shape index (κ1) is 18.1. The summed E-state index contributed by atoms with van der Waals surface area (Å²) in [7, 11) is 3.78. The quantitative estimate of drug-likeness (QED) is 0.747. The molecule has 2 N–H and O–H groups in total. The zero-order valence-corrected chi connectivity index (χ0v) is 14.4. The highest BCUT2D eigenvalue weighted by atomic mass is 16.3. The second-order valence-corrected chi connectivity index (χ2v) is 5.94. The second-order valence-electron chi connectivity index (χ2n) is 5.94. The van der Waals surface area contributed by atoms with Crippen LogP contribution >= 0.6 is 0 Å². The molecule has 2 aromatic rings. The third kappa shape index (κ3) is 4.87. The van der Waals surface area contributed by atoms with Gasteiger partial charge in [-0.15, -0.1) is 10.2 Å². The summed E-state index contributed by atoms with van der Waals surface area (Å²) in [4.78, 5) is 14.2. The van der Waals surface area contributed by atoms with Crippen molar-refractivity contribution >= 4 is 5.91 Å². The number of aromatic nitrogens is 3. The molecule has 7 heteroatoms. The summed E-state index contributed by atoms with van der Waals surface area (Å²) in [6.45, 7) is 2.71. The number of benzene rings is 1. The molecule has 0 bridgehead atoms. The highest BCUT2D eigenvalue weighted by Crippen LogP contribution is 2.15. The second kappa shape index (κ2) is 8.56. The number of likely N-dealkylation sites (N-methyl/N-ethyl adjacent to an activating group) is 1. The topological polar surface area (TPSA) is 83.3 Å². The molecule has 0 fully saturated rings. The fourth-order valence-electron chi connectivity index (χ4n) is 2.51. The summed E-state index contributed by atoms with van der Waals surface area (Å²) in [6, 6.07) is 9.49. The minimum Gasteiger partial charge on any atom is -0.396 e. The number of amides is 1. The Labute approximate surface area is 142 Å². The Bertz CT molecular complexity index is 656. The van der Waals surface area contributed by atoms with Crippen molar-refractivity contribution in [3.05, 3.63) is 47.5 Å².